The summed E-state index contributed by atoms with van der Waals surface area (Å²) in [6.45, 7) is 1.54. The van der Waals surface area contributed by atoms with E-state index in [1.54, 1.807) is 12.1 Å². The van der Waals surface area contributed by atoms with Crippen LogP contribution in [0.5, 0.6) is 0 Å². The van der Waals surface area contributed by atoms with Crippen molar-refractivity contribution in [1.29, 1.82) is 0 Å². The van der Waals surface area contributed by atoms with E-state index in [0.717, 1.165) is 30.6 Å². The van der Waals surface area contributed by atoms with Gasteiger partial charge in [-0.2, -0.15) is 0 Å². The smallest absolute Gasteiger partial charge is 0.265 e. The zero-order valence-corrected chi connectivity index (χ0v) is 11.3. The summed E-state index contributed by atoms with van der Waals surface area (Å²) < 4.78 is 25.8. The largest absolute Gasteiger partial charge is 0.312 e. The Bertz CT molecular complexity index is 621. The zero-order chi connectivity index (χ0) is 13.5. The number of benzene rings is 1. The van der Waals surface area contributed by atoms with Gasteiger partial charge in [-0.25, -0.2) is 13.1 Å². The van der Waals surface area contributed by atoms with Crippen molar-refractivity contribution in [1.82, 2.24) is 10.0 Å². The second kappa shape index (κ2) is 4.61. The lowest BCUT2D eigenvalue weighted by Crippen LogP contribution is -2.35. The van der Waals surface area contributed by atoms with E-state index >= 15 is 0 Å². The molecule has 1 saturated carbocycles. The maximum Gasteiger partial charge on any atom is 0.265 e. The van der Waals surface area contributed by atoms with E-state index in [1.807, 2.05) is 6.07 Å². The SMILES string of the molecule is O=C(NS(=O)(=O)C1CC1)c1cccc2c1CCNC2. The molecule has 2 N–H and O–H groups in total. The highest BCUT2D eigenvalue weighted by Crippen LogP contribution is 2.28. The average molecular weight is 280 g/mol. The Kier molecular flexibility index (Phi) is 3.06. The van der Waals surface area contributed by atoms with Gasteiger partial charge in [0.15, 0.2) is 0 Å². The predicted molar refractivity (Wildman–Crippen MR) is 71.3 cm³/mol. The maximum absolute atomic E-state index is 12.2. The molecule has 0 bridgehead atoms. The standard InChI is InChI=1S/C13H16N2O3S/c16-13(15-19(17,18)10-4-5-10)12-3-1-2-9-8-14-7-6-11(9)12/h1-3,10,14H,4-8H2,(H,15,16). The fourth-order valence-electron chi connectivity index (χ4n) is 2.39. The molecule has 5 nitrogen and oxygen atoms in total. The van der Waals surface area contributed by atoms with Crippen LogP contribution in [-0.2, 0) is 23.0 Å². The van der Waals surface area contributed by atoms with E-state index in [4.69, 9.17) is 0 Å². The Hall–Kier alpha value is -1.40. The topological polar surface area (TPSA) is 75.3 Å². The third-order valence-corrected chi connectivity index (χ3v) is 5.40. The molecular weight excluding hydrogens is 264 g/mol. The second-order valence-electron chi connectivity index (χ2n) is 5.05. The number of hydrogen-bond acceptors (Lipinski definition) is 4. The van der Waals surface area contributed by atoms with Crippen molar-refractivity contribution in [2.75, 3.05) is 6.54 Å². The van der Waals surface area contributed by atoms with E-state index < -0.39 is 15.9 Å². The number of hydrogen-bond donors (Lipinski definition) is 2. The molecule has 1 aliphatic heterocycles. The van der Waals surface area contributed by atoms with Gasteiger partial charge < -0.3 is 5.32 Å². The minimum atomic E-state index is -3.48. The molecule has 2 aliphatic rings. The molecule has 0 radical (unpaired) electrons. The molecule has 1 aliphatic carbocycles. The molecule has 1 amide bonds. The first kappa shape index (κ1) is 12.6. The molecule has 0 aromatic heterocycles. The Morgan fingerprint density at radius 2 is 2.11 bits per heavy atom. The van der Waals surface area contributed by atoms with E-state index in [-0.39, 0.29) is 5.25 Å². The summed E-state index contributed by atoms with van der Waals surface area (Å²) in [7, 11) is -3.48. The Morgan fingerprint density at radius 1 is 1.32 bits per heavy atom. The molecule has 19 heavy (non-hydrogen) atoms. The highest BCUT2D eigenvalue weighted by atomic mass is 32.2. The van der Waals surface area contributed by atoms with Gasteiger partial charge in [0.25, 0.3) is 5.91 Å². The zero-order valence-electron chi connectivity index (χ0n) is 10.5. The summed E-state index contributed by atoms with van der Waals surface area (Å²) in [5.41, 5.74) is 2.52. The van der Waals surface area contributed by atoms with E-state index in [0.29, 0.717) is 18.4 Å². The molecule has 6 heteroatoms. The highest BCUT2D eigenvalue weighted by molar-refractivity contribution is 7.91. The first-order valence-corrected chi connectivity index (χ1v) is 8.00. The van der Waals surface area contributed by atoms with Gasteiger partial charge in [0.05, 0.1) is 5.25 Å². The minimum absolute atomic E-state index is 0.377. The van der Waals surface area contributed by atoms with Gasteiger partial charge in [-0.05, 0) is 43.0 Å². The number of sulfonamides is 1. The lowest BCUT2D eigenvalue weighted by molar-refractivity contribution is 0.0980. The molecule has 1 heterocycles. The fourth-order valence-corrected chi connectivity index (χ4v) is 3.68. The monoisotopic (exact) mass is 280 g/mol. The fraction of sp³-hybridized carbons (Fsp3) is 0.462. The number of nitrogens with one attached hydrogen (secondary N) is 2. The van der Waals surface area contributed by atoms with Crippen molar-refractivity contribution in [2.24, 2.45) is 0 Å². The molecule has 1 aromatic rings. The molecule has 0 spiro atoms. The minimum Gasteiger partial charge on any atom is -0.312 e. The van der Waals surface area contributed by atoms with Crippen molar-refractivity contribution in [3.8, 4) is 0 Å². The van der Waals surface area contributed by atoms with Crippen LogP contribution >= 0.6 is 0 Å². The molecule has 0 unspecified atom stereocenters. The highest BCUT2D eigenvalue weighted by Gasteiger charge is 2.37. The summed E-state index contributed by atoms with van der Waals surface area (Å²) >= 11 is 0. The second-order valence-corrected chi connectivity index (χ2v) is 7.01. The van der Waals surface area contributed by atoms with E-state index in [9.17, 15) is 13.2 Å². The van der Waals surface area contributed by atoms with Crippen molar-refractivity contribution < 1.29 is 13.2 Å². The maximum atomic E-state index is 12.2. The molecule has 3 rings (SSSR count). The summed E-state index contributed by atoms with van der Waals surface area (Å²) in [5.74, 6) is -0.495. The summed E-state index contributed by atoms with van der Waals surface area (Å²) in [6, 6.07) is 5.46. The first-order chi connectivity index (χ1) is 9.08. The van der Waals surface area contributed by atoms with Gasteiger partial charge in [-0.3, -0.25) is 4.79 Å². The third-order valence-electron chi connectivity index (χ3n) is 3.58. The van der Waals surface area contributed by atoms with Gasteiger partial charge in [0.1, 0.15) is 0 Å². The number of rotatable bonds is 3. The van der Waals surface area contributed by atoms with Gasteiger partial charge in [-0.15, -0.1) is 0 Å². The van der Waals surface area contributed by atoms with Crippen LogP contribution in [0.25, 0.3) is 0 Å². The molecular formula is C13H16N2O3S. The number of amides is 1. The third kappa shape index (κ3) is 2.50. The predicted octanol–water partition coefficient (Wildman–Crippen LogP) is 0.554. The van der Waals surface area contributed by atoms with Crippen LogP contribution in [0, 0.1) is 0 Å². The Balaban J connectivity index is 1.87. The number of carbonyl (C=O) groups is 1. The normalized spacial score (nSPS) is 18.7. The van der Waals surface area contributed by atoms with Crippen LogP contribution in [0.4, 0.5) is 0 Å². The molecule has 0 saturated heterocycles. The average Bonchev–Trinajstić information content (AvgIpc) is 3.22. The van der Waals surface area contributed by atoms with Gasteiger partial charge in [0, 0.05) is 12.1 Å². The van der Waals surface area contributed by atoms with Gasteiger partial charge >= 0.3 is 0 Å². The van der Waals surface area contributed by atoms with Crippen LogP contribution in [-0.4, -0.2) is 26.1 Å². The summed E-state index contributed by atoms with van der Waals surface area (Å²) in [6.07, 6.45) is 2.06. The van der Waals surface area contributed by atoms with Crippen LogP contribution < -0.4 is 10.0 Å². The number of carbonyl (C=O) groups excluding carboxylic acids is 1. The quantitative estimate of drug-likeness (QED) is 0.848. The van der Waals surface area contributed by atoms with Crippen LogP contribution in [0.1, 0.15) is 34.3 Å². The van der Waals surface area contributed by atoms with Crippen molar-refractivity contribution in [3.05, 3.63) is 34.9 Å². The Morgan fingerprint density at radius 3 is 2.84 bits per heavy atom. The van der Waals surface area contributed by atoms with Gasteiger partial charge in [0.2, 0.25) is 10.0 Å². The van der Waals surface area contributed by atoms with Crippen molar-refractivity contribution in [2.45, 2.75) is 31.1 Å². The van der Waals surface area contributed by atoms with E-state index in [1.165, 1.54) is 0 Å². The van der Waals surface area contributed by atoms with Crippen LogP contribution in [0.2, 0.25) is 0 Å². The lowest BCUT2D eigenvalue weighted by atomic mass is 9.95. The lowest BCUT2D eigenvalue weighted by Gasteiger charge is -2.19. The summed E-state index contributed by atoms with van der Waals surface area (Å²) in [4.78, 5) is 12.2. The van der Waals surface area contributed by atoms with E-state index in [2.05, 4.69) is 10.0 Å². The van der Waals surface area contributed by atoms with Crippen molar-refractivity contribution in [3.63, 3.8) is 0 Å². The van der Waals surface area contributed by atoms with Crippen molar-refractivity contribution >= 4 is 15.9 Å². The Labute approximate surface area is 112 Å². The summed E-state index contributed by atoms with van der Waals surface area (Å²) in [5, 5.41) is 2.86. The first-order valence-electron chi connectivity index (χ1n) is 6.45. The molecule has 0 atom stereocenters. The molecule has 1 fully saturated rings. The van der Waals surface area contributed by atoms with Gasteiger partial charge in [-0.1, -0.05) is 12.1 Å². The molecule has 102 valence electrons. The molecule has 1 aromatic carbocycles. The van der Waals surface area contributed by atoms with Crippen LogP contribution in [0.3, 0.4) is 0 Å². The number of fused-ring (bicyclic) bond motifs is 1. The van der Waals surface area contributed by atoms with Crippen LogP contribution in [0.15, 0.2) is 18.2 Å².